The number of benzene rings is 2. The van der Waals surface area contributed by atoms with E-state index in [-0.39, 0.29) is 17.0 Å². The highest BCUT2D eigenvalue weighted by atomic mass is 35.5. The van der Waals surface area contributed by atoms with Gasteiger partial charge in [-0.25, -0.2) is 24.1 Å². The van der Waals surface area contributed by atoms with Gasteiger partial charge in [-0.15, -0.1) is 0 Å². The lowest BCUT2D eigenvalue weighted by atomic mass is 10.1. The molecule has 160 valence electrons. The molecule has 2 heterocycles. The van der Waals surface area contributed by atoms with E-state index in [9.17, 15) is 9.18 Å². The smallest absolute Gasteiger partial charge is 0.274 e. The van der Waals surface area contributed by atoms with Crippen LogP contribution in [0.25, 0.3) is 28.0 Å². The molecule has 0 spiro atoms. The van der Waals surface area contributed by atoms with Crippen molar-refractivity contribution in [2.75, 3.05) is 14.2 Å². The third-order valence-electron chi connectivity index (χ3n) is 4.42. The Morgan fingerprint density at radius 2 is 1.84 bits per heavy atom. The number of aromatic nitrogens is 4. The molecule has 7 nitrogen and oxygen atoms in total. The summed E-state index contributed by atoms with van der Waals surface area (Å²) >= 11 is 5.98. The summed E-state index contributed by atoms with van der Waals surface area (Å²) in [5.74, 6) is -0.662. The lowest BCUT2D eigenvalue weighted by Gasteiger charge is -2.13. The molecule has 0 aliphatic heterocycles. The van der Waals surface area contributed by atoms with E-state index in [1.165, 1.54) is 26.3 Å². The highest BCUT2D eigenvalue weighted by molar-refractivity contribution is 6.28. The molecule has 9 heteroatoms. The van der Waals surface area contributed by atoms with Gasteiger partial charge in [-0.1, -0.05) is 13.8 Å². The van der Waals surface area contributed by atoms with Gasteiger partial charge >= 0.3 is 0 Å². The zero-order chi connectivity index (χ0) is 22.5. The minimum absolute atomic E-state index is 0.0935. The summed E-state index contributed by atoms with van der Waals surface area (Å²) in [5, 5.41) is 6.60. The molecule has 4 rings (SSSR count). The molecule has 0 bridgehead atoms. The number of halogens is 2. The fourth-order valence-corrected chi connectivity index (χ4v) is 3.11. The van der Waals surface area contributed by atoms with Gasteiger partial charge in [-0.3, -0.25) is 9.63 Å². The molecular weight excluding hydrogens is 421 g/mol. The quantitative estimate of drug-likeness (QED) is 0.331. The van der Waals surface area contributed by atoms with Crippen LogP contribution < -0.4 is 0 Å². The van der Waals surface area contributed by atoms with E-state index >= 15 is 0 Å². The van der Waals surface area contributed by atoms with Crippen LogP contribution in [0, 0.1) is 5.82 Å². The van der Waals surface area contributed by atoms with Crippen LogP contribution in [-0.2, 0) is 4.84 Å². The summed E-state index contributed by atoms with van der Waals surface area (Å²) in [6, 6.07) is 12.8. The summed E-state index contributed by atoms with van der Waals surface area (Å²) < 4.78 is 15.0. The van der Waals surface area contributed by atoms with E-state index in [0.717, 1.165) is 10.4 Å². The van der Waals surface area contributed by atoms with Crippen LogP contribution in [0.15, 0.2) is 54.7 Å². The Labute approximate surface area is 184 Å². The van der Waals surface area contributed by atoms with Gasteiger partial charge in [-0.05, 0) is 60.1 Å². The largest absolute Gasteiger partial charge is 0.277 e. The minimum atomic E-state index is -0.354. The van der Waals surface area contributed by atoms with Crippen LogP contribution in [0.4, 0.5) is 4.39 Å². The number of hydrogen-bond donors (Lipinski definition) is 0. The molecular formula is C22H21ClFN5O2. The molecule has 0 saturated carbocycles. The van der Waals surface area contributed by atoms with E-state index in [2.05, 4.69) is 15.1 Å². The van der Waals surface area contributed by atoms with Gasteiger partial charge in [-0.2, -0.15) is 5.10 Å². The van der Waals surface area contributed by atoms with E-state index in [4.69, 9.17) is 16.4 Å². The maximum absolute atomic E-state index is 13.4. The number of fused-ring (bicyclic) bond motifs is 1. The number of carbonyl (C=O) groups excluding carboxylic acids is 1. The normalized spacial score (nSPS) is 10.5. The number of carbonyl (C=O) groups is 1. The molecule has 0 saturated heterocycles. The second kappa shape index (κ2) is 9.63. The molecule has 0 aliphatic rings. The van der Waals surface area contributed by atoms with Crippen LogP contribution in [0.3, 0.4) is 0 Å². The van der Waals surface area contributed by atoms with E-state index in [0.29, 0.717) is 28.2 Å². The van der Waals surface area contributed by atoms with Crippen LogP contribution in [-0.4, -0.2) is 44.9 Å². The SMILES string of the molecule is CC.CON(C)C(=O)c1ccc2c(-c3ccnc(Cl)n3)n(-c3ccc(F)cc3)nc2c1. The maximum Gasteiger partial charge on any atom is 0.277 e. The highest BCUT2D eigenvalue weighted by Gasteiger charge is 2.19. The fraction of sp³-hybridized carbons (Fsp3) is 0.182. The minimum Gasteiger partial charge on any atom is -0.274 e. The Morgan fingerprint density at radius 3 is 2.48 bits per heavy atom. The standard InChI is InChI=1S/C20H15ClFN5O2.C2H6/c1-26(29-2)19(28)12-3-8-15-17(11-12)25-27(14-6-4-13(22)5-7-14)18(15)16-9-10-23-20(21)24-16;1-2/h3-11H,1-2H3;1-2H3. The first-order valence-corrected chi connectivity index (χ1v) is 9.95. The summed E-state index contributed by atoms with van der Waals surface area (Å²) in [4.78, 5) is 25.6. The van der Waals surface area contributed by atoms with Crippen molar-refractivity contribution in [3.05, 3.63) is 71.4 Å². The first kappa shape index (κ1) is 22.3. The predicted molar refractivity (Wildman–Crippen MR) is 118 cm³/mol. The summed E-state index contributed by atoms with van der Waals surface area (Å²) in [7, 11) is 2.94. The van der Waals surface area contributed by atoms with Crippen LogP contribution >= 0.6 is 11.6 Å². The monoisotopic (exact) mass is 441 g/mol. The van der Waals surface area contributed by atoms with Crippen LogP contribution in [0.1, 0.15) is 24.2 Å². The van der Waals surface area contributed by atoms with Crippen molar-refractivity contribution in [1.82, 2.24) is 24.8 Å². The number of hydrogen-bond acceptors (Lipinski definition) is 5. The summed E-state index contributed by atoms with van der Waals surface area (Å²) in [6.07, 6.45) is 1.55. The molecule has 0 N–H and O–H groups in total. The van der Waals surface area contributed by atoms with Crippen molar-refractivity contribution in [2.24, 2.45) is 0 Å². The Morgan fingerprint density at radius 1 is 1.13 bits per heavy atom. The Balaban J connectivity index is 0.00000132. The zero-order valence-electron chi connectivity index (χ0n) is 17.5. The van der Waals surface area contributed by atoms with Gasteiger partial charge in [0.1, 0.15) is 11.5 Å². The summed E-state index contributed by atoms with van der Waals surface area (Å²) in [5.41, 5.74) is 2.81. The molecule has 0 aliphatic carbocycles. The third kappa shape index (κ3) is 4.55. The van der Waals surface area contributed by atoms with Gasteiger partial charge < -0.3 is 0 Å². The third-order valence-corrected chi connectivity index (χ3v) is 4.60. The second-order valence-electron chi connectivity index (χ2n) is 6.16. The molecule has 0 radical (unpaired) electrons. The first-order chi connectivity index (χ1) is 15.0. The molecule has 0 atom stereocenters. The van der Waals surface area contributed by atoms with Crippen LogP contribution in [0.5, 0.6) is 0 Å². The molecule has 2 aromatic heterocycles. The van der Waals surface area contributed by atoms with Gasteiger partial charge in [0, 0.05) is 24.2 Å². The Bertz CT molecular complexity index is 1210. The van der Waals surface area contributed by atoms with Gasteiger partial charge in [0.25, 0.3) is 5.91 Å². The van der Waals surface area contributed by atoms with E-state index in [1.807, 2.05) is 13.8 Å². The van der Waals surface area contributed by atoms with Crippen molar-refractivity contribution < 1.29 is 14.0 Å². The number of rotatable bonds is 4. The van der Waals surface area contributed by atoms with Crippen molar-refractivity contribution >= 4 is 28.4 Å². The molecule has 4 aromatic rings. The topological polar surface area (TPSA) is 73.1 Å². The molecule has 0 fully saturated rings. The highest BCUT2D eigenvalue weighted by Crippen LogP contribution is 2.31. The number of nitrogens with zero attached hydrogens (tertiary/aromatic N) is 5. The molecule has 2 aromatic carbocycles. The Kier molecular flexibility index (Phi) is 6.94. The predicted octanol–water partition coefficient (Wildman–Crippen LogP) is 4.93. The molecule has 1 amide bonds. The van der Waals surface area contributed by atoms with Gasteiger partial charge in [0.05, 0.1) is 24.0 Å². The fourth-order valence-electron chi connectivity index (χ4n) is 2.97. The Hall–Kier alpha value is -3.36. The lowest BCUT2D eigenvalue weighted by Crippen LogP contribution is -2.25. The van der Waals surface area contributed by atoms with Crippen molar-refractivity contribution in [3.63, 3.8) is 0 Å². The van der Waals surface area contributed by atoms with Crippen molar-refractivity contribution in [2.45, 2.75) is 13.8 Å². The molecule has 31 heavy (non-hydrogen) atoms. The zero-order valence-corrected chi connectivity index (χ0v) is 18.3. The van der Waals surface area contributed by atoms with E-state index in [1.54, 1.807) is 47.3 Å². The average Bonchev–Trinajstić information content (AvgIpc) is 3.18. The van der Waals surface area contributed by atoms with Crippen molar-refractivity contribution in [1.29, 1.82) is 0 Å². The van der Waals surface area contributed by atoms with Gasteiger partial charge in [0.15, 0.2) is 0 Å². The number of hydroxylamine groups is 2. The van der Waals surface area contributed by atoms with Crippen LogP contribution in [0.2, 0.25) is 5.28 Å². The van der Waals surface area contributed by atoms with E-state index < -0.39 is 0 Å². The van der Waals surface area contributed by atoms with Gasteiger partial charge in [0.2, 0.25) is 5.28 Å². The lowest BCUT2D eigenvalue weighted by molar-refractivity contribution is -0.0756. The second-order valence-corrected chi connectivity index (χ2v) is 6.50. The average molecular weight is 442 g/mol. The van der Waals surface area contributed by atoms with Crippen molar-refractivity contribution in [3.8, 4) is 17.1 Å². The maximum atomic E-state index is 13.4. The number of amides is 1. The molecule has 0 unspecified atom stereocenters. The summed E-state index contributed by atoms with van der Waals surface area (Å²) in [6.45, 7) is 4.00. The first-order valence-electron chi connectivity index (χ1n) is 9.57.